The lowest BCUT2D eigenvalue weighted by molar-refractivity contribution is 0.0383. The van der Waals surface area contributed by atoms with Crippen LogP contribution in [0.1, 0.15) is 9.67 Å². The molecule has 122 valence electrons. The predicted octanol–water partition coefficient (Wildman–Crippen LogP) is 2.18. The summed E-state index contributed by atoms with van der Waals surface area (Å²) in [4.78, 5) is 15.2. The van der Waals surface area contributed by atoms with Crippen molar-refractivity contribution < 1.29 is 14.6 Å². The molecule has 0 spiro atoms. The molecule has 0 unspecified atom stereocenters. The Hall–Kier alpha value is -1.89. The fourth-order valence-corrected chi connectivity index (χ4v) is 3.33. The Labute approximate surface area is 139 Å². The summed E-state index contributed by atoms with van der Waals surface area (Å²) in [5, 5.41) is 14.3. The first-order valence-corrected chi connectivity index (χ1v) is 8.56. The fourth-order valence-electron chi connectivity index (χ4n) is 2.50. The van der Waals surface area contributed by atoms with Gasteiger partial charge in [0.2, 0.25) is 0 Å². The molecule has 5 nitrogen and oxygen atoms in total. The molecule has 23 heavy (non-hydrogen) atoms. The summed E-state index contributed by atoms with van der Waals surface area (Å²) < 4.78 is 5.31. The number of nitrogens with zero attached hydrogens (tertiary/aromatic N) is 1. The number of ether oxygens (including phenoxy) is 1. The van der Waals surface area contributed by atoms with Crippen LogP contribution in [0.3, 0.4) is 0 Å². The van der Waals surface area contributed by atoms with Gasteiger partial charge in [0.15, 0.2) is 0 Å². The van der Waals surface area contributed by atoms with Crippen molar-refractivity contribution in [3.05, 3.63) is 40.6 Å². The van der Waals surface area contributed by atoms with Crippen molar-refractivity contribution in [2.24, 2.45) is 0 Å². The van der Waals surface area contributed by atoms with Gasteiger partial charge in [0, 0.05) is 26.2 Å². The van der Waals surface area contributed by atoms with Crippen molar-refractivity contribution in [2.45, 2.75) is 0 Å². The van der Waals surface area contributed by atoms with E-state index in [-0.39, 0.29) is 11.7 Å². The maximum atomic E-state index is 12.2. The van der Waals surface area contributed by atoms with Crippen LogP contribution in [0, 0.1) is 0 Å². The number of benzene rings is 1. The Bertz CT molecular complexity index is 648. The van der Waals surface area contributed by atoms with Gasteiger partial charge in [-0.1, -0.05) is 12.1 Å². The monoisotopic (exact) mass is 332 g/mol. The molecule has 1 aliphatic rings. The molecule has 1 aromatic carbocycles. The van der Waals surface area contributed by atoms with Gasteiger partial charge in [-0.3, -0.25) is 9.69 Å². The number of amides is 1. The van der Waals surface area contributed by atoms with Crippen LogP contribution in [0.4, 0.5) is 0 Å². The molecule has 2 N–H and O–H groups in total. The van der Waals surface area contributed by atoms with Crippen LogP contribution in [0.15, 0.2) is 35.7 Å². The summed E-state index contributed by atoms with van der Waals surface area (Å²) in [5.41, 5.74) is 1.99. The quantitative estimate of drug-likeness (QED) is 0.881. The summed E-state index contributed by atoms with van der Waals surface area (Å²) in [6.07, 6.45) is 0. The lowest BCUT2D eigenvalue weighted by Gasteiger charge is -2.26. The van der Waals surface area contributed by atoms with Crippen molar-refractivity contribution in [3.63, 3.8) is 0 Å². The summed E-state index contributed by atoms with van der Waals surface area (Å²) in [6, 6.07) is 8.88. The minimum atomic E-state index is -0.0340. The molecule has 3 rings (SSSR count). The molecule has 0 aliphatic carbocycles. The number of nitrogens with one attached hydrogen (secondary N) is 1. The lowest BCUT2D eigenvalue weighted by atomic mass is 10.1. The molecule has 1 fully saturated rings. The number of hydrogen-bond acceptors (Lipinski definition) is 5. The van der Waals surface area contributed by atoms with Crippen LogP contribution < -0.4 is 5.32 Å². The topological polar surface area (TPSA) is 61.8 Å². The smallest absolute Gasteiger partial charge is 0.261 e. The van der Waals surface area contributed by atoms with E-state index in [1.165, 1.54) is 11.3 Å². The van der Waals surface area contributed by atoms with Crippen LogP contribution in [-0.2, 0) is 4.74 Å². The summed E-state index contributed by atoms with van der Waals surface area (Å²) in [7, 11) is 0. The van der Waals surface area contributed by atoms with Gasteiger partial charge >= 0.3 is 0 Å². The van der Waals surface area contributed by atoms with Gasteiger partial charge in [0.25, 0.3) is 5.91 Å². The van der Waals surface area contributed by atoms with Crippen LogP contribution in [0.25, 0.3) is 11.1 Å². The minimum Gasteiger partial charge on any atom is -0.508 e. The van der Waals surface area contributed by atoms with E-state index in [4.69, 9.17) is 4.74 Å². The van der Waals surface area contributed by atoms with Gasteiger partial charge in [-0.05, 0) is 34.7 Å². The van der Waals surface area contributed by atoms with Crippen LogP contribution >= 0.6 is 11.3 Å². The van der Waals surface area contributed by atoms with Crippen molar-refractivity contribution in [3.8, 4) is 16.9 Å². The van der Waals surface area contributed by atoms with E-state index in [0.29, 0.717) is 11.4 Å². The molecule has 2 aromatic rings. The van der Waals surface area contributed by atoms with Gasteiger partial charge in [-0.25, -0.2) is 0 Å². The molecule has 1 aliphatic heterocycles. The minimum absolute atomic E-state index is 0.0340. The summed E-state index contributed by atoms with van der Waals surface area (Å²) >= 11 is 1.43. The van der Waals surface area contributed by atoms with Crippen LogP contribution in [-0.4, -0.2) is 55.3 Å². The molecular formula is C17H20N2O3S. The van der Waals surface area contributed by atoms with E-state index in [9.17, 15) is 9.90 Å². The molecule has 0 bridgehead atoms. The van der Waals surface area contributed by atoms with Gasteiger partial charge in [-0.2, -0.15) is 0 Å². The number of aromatic hydroxyl groups is 1. The highest BCUT2D eigenvalue weighted by Gasteiger charge is 2.12. The lowest BCUT2D eigenvalue weighted by Crippen LogP contribution is -2.41. The molecule has 1 saturated heterocycles. The van der Waals surface area contributed by atoms with E-state index in [0.717, 1.165) is 44.0 Å². The highest BCUT2D eigenvalue weighted by atomic mass is 32.1. The number of phenols is 1. The first kappa shape index (κ1) is 16.0. The Morgan fingerprint density at radius 2 is 1.96 bits per heavy atom. The molecule has 0 radical (unpaired) electrons. The third kappa shape index (κ3) is 4.31. The van der Waals surface area contributed by atoms with E-state index in [1.54, 1.807) is 12.1 Å². The van der Waals surface area contributed by atoms with E-state index < -0.39 is 0 Å². The number of carbonyl (C=O) groups excluding carboxylic acids is 1. The number of carbonyl (C=O) groups is 1. The third-order valence-electron chi connectivity index (χ3n) is 3.84. The highest BCUT2D eigenvalue weighted by molar-refractivity contribution is 7.12. The zero-order valence-electron chi connectivity index (χ0n) is 12.8. The van der Waals surface area contributed by atoms with Gasteiger partial charge in [0.05, 0.1) is 18.1 Å². The summed E-state index contributed by atoms with van der Waals surface area (Å²) in [6.45, 7) is 4.90. The van der Waals surface area contributed by atoms with E-state index in [1.807, 2.05) is 23.6 Å². The highest BCUT2D eigenvalue weighted by Crippen LogP contribution is 2.26. The Morgan fingerprint density at radius 1 is 1.22 bits per heavy atom. The second-order valence-electron chi connectivity index (χ2n) is 5.46. The maximum Gasteiger partial charge on any atom is 0.261 e. The van der Waals surface area contributed by atoms with Crippen molar-refractivity contribution in [1.82, 2.24) is 10.2 Å². The Kier molecular flexibility index (Phi) is 5.27. The number of phenolic OH excluding ortho intramolecular Hbond substituents is 1. The molecule has 0 saturated carbocycles. The molecule has 2 heterocycles. The Balaban J connectivity index is 1.52. The number of morpholine rings is 1. The molecule has 6 heteroatoms. The van der Waals surface area contributed by atoms with Crippen molar-refractivity contribution in [1.29, 1.82) is 0 Å². The average molecular weight is 332 g/mol. The Morgan fingerprint density at radius 3 is 2.70 bits per heavy atom. The van der Waals surface area contributed by atoms with Crippen molar-refractivity contribution >= 4 is 17.2 Å². The molecular weight excluding hydrogens is 312 g/mol. The summed E-state index contributed by atoms with van der Waals surface area (Å²) in [5.74, 6) is 0.207. The fraction of sp³-hybridized carbons (Fsp3) is 0.353. The van der Waals surface area contributed by atoms with Gasteiger partial charge < -0.3 is 15.2 Å². The second-order valence-corrected chi connectivity index (χ2v) is 6.37. The standard InChI is InChI=1S/C17H20N2O3S/c20-15-3-1-13(2-4-15)14-11-16(23-12-14)17(21)18-5-6-19-7-9-22-10-8-19/h1-4,11-12,20H,5-10H2,(H,18,21). The molecule has 1 amide bonds. The number of rotatable bonds is 5. The largest absolute Gasteiger partial charge is 0.508 e. The zero-order chi connectivity index (χ0) is 16.1. The normalized spacial score (nSPS) is 15.5. The second kappa shape index (κ2) is 7.59. The average Bonchev–Trinajstić information content (AvgIpc) is 3.06. The molecule has 1 aromatic heterocycles. The number of hydrogen-bond donors (Lipinski definition) is 2. The van der Waals surface area contributed by atoms with Crippen molar-refractivity contribution in [2.75, 3.05) is 39.4 Å². The van der Waals surface area contributed by atoms with E-state index in [2.05, 4.69) is 10.2 Å². The third-order valence-corrected chi connectivity index (χ3v) is 4.77. The predicted molar refractivity (Wildman–Crippen MR) is 91.0 cm³/mol. The zero-order valence-corrected chi connectivity index (χ0v) is 13.6. The maximum absolute atomic E-state index is 12.2. The van der Waals surface area contributed by atoms with Crippen LogP contribution in [0.2, 0.25) is 0 Å². The van der Waals surface area contributed by atoms with Gasteiger partial charge in [-0.15, -0.1) is 11.3 Å². The molecule has 0 atom stereocenters. The number of thiophene rings is 1. The van der Waals surface area contributed by atoms with Crippen LogP contribution in [0.5, 0.6) is 5.75 Å². The van der Waals surface area contributed by atoms with Gasteiger partial charge in [0.1, 0.15) is 5.75 Å². The first-order chi connectivity index (χ1) is 11.2. The SMILES string of the molecule is O=C(NCCN1CCOCC1)c1cc(-c2ccc(O)cc2)cs1. The van der Waals surface area contributed by atoms with E-state index >= 15 is 0 Å². The first-order valence-electron chi connectivity index (χ1n) is 7.68.